The lowest BCUT2D eigenvalue weighted by Crippen LogP contribution is -2.51. The number of H-pyrrole nitrogens is 1. The van der Waals surface area contributed by atoms with Crippen molar-refractivity contribution in [2.24, 2.45) is 5.92 Å². The molecule has 0 bridgehead atoms. The smallest absolute Gasteiger partial charge is 0.497 e. The monoisotopic (exact) mass is 829 g/mol. The van der Waals surface area contributed by atoms with Gasteiger partial charge in [0.2, 0.25) is 11.9 Å². The number of nitrogens with zero attached hydrogens (tertiary/aromatic N) is 3. The third-order valence-corrected chi connectivity index (χ3v) is 11.3. The second-order valence-corrected chi connectivity index (χ2v) is 15.6. The van der Waals surface area contributed by atoms with Crippen LogP contribution >= 0.6 is 19.4 Å². The summed E-state index contributed by atoms with van der Waals surface area (Å²) in [7, 11) is -1.90. The lowest BCUT2D eigenvalue weighted by Gasteiger charge is -2.43. The Balaban J connectivity index is 1.39. The Labute approximate surface area is 338 Å². The molecule has 0 radical (unpaired) electrons. The van der Waals surface area contributed by atoms with Crippen LogP contribution in [0.3, 0.4) is 0 Å². The lowest BCUT2D eigenvalue weighted by molar-refractivity contribution is -0.118. The van der Waals surface area contributed by atoms with Crippen molar-refractivity contribution in [3.05, 3.63) is 142 Å². The van der Waals surface area contributed by atoms with Crippen LogP contribution in [-0.2, 0) is 24.0 Å². The topological polar surface area (TPSA) is 196 Å². The first-order valence-electron chi connectivity index (χ1n) is 18.3. The number of carbonyl (C=O) groups excluding carboxylic acids is 1. The third-order valence-electron chi connectivity index (χ3n) is 10.0. The number of rotatable bonds is 14. The van der Waals surface area contributed by atoms with Crippen molar-refractivity contribution < 1.29 is 42.6 Å². The molecule has 1 aliphatic heterocycles. The predicted molar refractivity (Wildman–Crippen MR) is 215 cm³/mol. The maximum atomic E-state index is 13.9. The maximum Gasteiger partial charge on any atom is 0.527 e. The van der Waals surface area contributed by atoms with Crippen LogP contribution in [-0.4, -0.2) is 68.0 Å². The number of ether oxygens (including phenoxy) is 3. The fraction of sp³-hybridized carbons (Fsp3) is 0.268. The van der Waals surface area contributed by atoms with E-state index in [9.17, 15) is 24.2 Å². The van der Waals surface area contributed by atoms with Crippen LogP contribution in [0.4, 0.5) is 5.95 Å². The molecule has 3 heterocycles. The number of phosphoric ester groups is 1. The maximum absolute atomic E-state index is 13.9. The van der Waals surface area contributed by atoms with Crippen molar-refractivity contribution in [1.29, 1.82) is 0 Å². The summed E-state index contributed by atoms with van der Waals surface area (Å²) in [5.41, 5.74) is -0.192. The molecule has 0 aliphatic carbocycles. The second-order valence-electron chi connectivity index (χ2n) is 13.9. The quantitative estimate of drug-likeness (QED) is 0.0677. The molecule has 5 atom stereocenters. The molecule has 6 aromatic rings. The fourth-order valence-electron chi connectivity index (χ4n) is 7.18. The Kier molecular flexibility index (Phi) is 11.7. The van der Waals surface area contributed by atoms with Crippen molar-refractivity contribution >= 4 is 42.4 Å². The Morgan fingerprint density at radius 2 is 1.53 bits per heavy atom. The molecule has 0 spiro atoms. The van der Waals surface area contributed by atoms with Gasteiger partial charge in [0.15, 0.2) is 11.2 Å². The minimum atomic E-state index is -5.00. The molecule has 1 amide bonds. The van der Waals surface area contributed by atoms with Crippen LogP contribution in [0, 0.1) is 5.92 Å². The molecule has 302 valence electrons. The minimum absolute atomic E-state index is 0.0424. The molecule has 0 saturated carbocycles. The number of imidazole rings is 1. The average molecular weight is 830 g/mol. The normalized spacial score (nSPS) is 18.4. The number of amides is 1. The summed E-state index contributed by atoms with van der Waals surface area (Å²) in [5, 5.41) is 15.9. The Hall–Kier alpha value is -5.54. The summed E-state index contributed by atoms with van der Waals surface area (Å²) in [4.78, 5) is 48.3. The number of anilines is 1. The number of aromatic nitrogens is 4. The summed E-state index contributed by atoms with van der Waals surface area (Å²) in [5.74, 6) is 0.143. The first kappa shape index (κ1) is 40.6. The predicted octanol–water partition coefficient (Wildman–Crippen LogP) is 6.63. The Morgan fingerprint density at radius 3 is 2.12 bits per heavy atom. The first-order chi connectivity index (χ1) is 27.8. The summed E-state index contributed by atoms with van der Waals surface area (Å²) in [6.07, 6.45) is -4.23. The molecule has 1 fully saturated rings. The van der Waals surface area contributed by atoms with Gasteiger partial charge in [-0.2, -0.15) is 4.98 Å². The van der Waals surface area contributed by atoms with Gasteiger partial charge in [0.05, 0.1) is 31.0 Å². The van der Waals surface area contributed by atoms with Gasteiger partial charge >= 0.3 is 7.82 Å². The fourth-order valence-corrected chi connectivity index (χ4v) is 8.40. The highest BCUT2D eigenvalue weighted by Gasteiger charge is 2.54. The molecule has 1 aliphatic rings. The molecular formula is C41H41ClN5O10P. The van der Waals surface area contributed by atoms with E-state index in [1.165, 1.54) is 23.0 Å². The van der Waals surface area contributed by atoms with E-state index in [4.69, 9.17) is 34.9 Å². The highest BCUT2D eigenvalue weighted by atomic mass is 35.5. The van der Waals surface area contributed by atoms with E-state index in [0.29, 0.717) is 28.2 Å². The summed E-state index contributed by atoms with van der Waals surface area (Å²) in [6, 6.07) is 29.8. The number of aliphatic hydroxyl groups is 1. The van der Waals surface area contributed by atoms with E-state index in [2.05, 4.69) is 20.3 Å². The molecule has 2 aromatic heterocycles. The number of fused-ring (bicyclic) bond motifs is 1. The summed E-state index contributed by atoms with van der Waals surface area (Å²) in [6.45, 7) is 3.38. The number of hydrogen-bond donors (Lipinski definition) is 4. The van der Waals surface area contributed by atoms with Gasteiger partial charge in [-0.05, 0) is 53.1 Å². The third kappa shape index (κ3) is 7.97. The number of benzene rings is 4. The van der Waals surface area contributed by atoms with Crippen LogP contribution in [0.15, 0.2) is 114 Å². The van der Waals surface area contributed by atoms with E-state index >= 15 is 0 Å². The number of halogens is 1. The van der Waals surface area contributed by atoms with Crippen LogP contribution in [0.1, 0.15) is 43.2 Å². The zero-order chi connectivity index (χ0) is 41.2. The van der Waals surface area contributed by atoms with Crippen molar-refractivity contribution in [2.45, 2.75) is 50.2 Å². The van der Waals surface area contributed by atoms with Gasteiger partial charge in [-0.1, -0.05) is 92.2 Å². The molecule has 17 heteroatoms. The van der Waals surface area contributed by atoms with E-state index in [1.807, 2.05) is 54.6 Å². The van der Waals surface area contributed by atoms with Crippen LogP contribution < -0.4 is 24.9 Å². The van der Waals surface area contributed by atoms with Crippen molar-refractivity contribution in [3.8, 4) is 17.2 Å². The molecule has 7 rings (SSSR count). The highest BCUT2D eigenvalue weighted by Crippen LogP contribution is 2.53. The standard InChI is InChI=1S/C41H41ClN5O10P/c1-24(2)38(49)45-40-44-37-34(39(50)46-40)43-23-47(37)33-22-32(57-58(51,52)56-31-13-9-8-12-30(31)42)35(55-33)36(48)41(25-10-6-5-7-11-25,26-14-18-28(53-3)19-15-26)27-16-20-29(54-4)21-17-27/h5-21,23-24,32-33,35-36,48H,22H2,1-4H3,(H,51,52)(H2,44,45,46,49,50)/t32-,33+,35-,36?/m0/s1. The summed E-state index contributed by atoms with van der Waals surface area (Å²) < 4.78 is 44.4. The van der Waals surface area contributed by atoms with Gasteiger partial charge in [-0.3, -0.25) is 33.9 Å². The molecule has 4 aromatic carbocycles. The SMILES string of the molecule is COc1ccc(C(c2ccccc2)(c2ccc(OC)cc2)C(O)[C@H]2O[C@@H](n3cnc4c(=O)[nH]c(NC(=O)C(C)C)nc43)C[C@@H]2OP(=O)(O)Oc2ccccc2Cl)cc1. The highest BCUT2D eigenvalue weighted by molar-refractivity contribution is 7.47. The second kappa shape index (κ2) is 16.7. The average Bonchev–Trinajstić information content (AvgIpc) is 3.84. The zero-order valence-corrected chi connectivity index (χ0v) is 33.5. The molecule has 4 N–H and O–H groups in total. The van der Waals surface area contributed by atoms with Crippen LogP contribution in [0.25, 0.3) is 11.2 Å². The van der Waals surface area contributed by atoms with Crippen molar-refractivity contribution in [1.82, 2.24) is 19.5 Å². The number of aliphatic hydroxyl groups excluding tert-OH is 1. The number of nitrogens with one attached hydrogen (secondary N) is 2. The Morgan fingerprint density at radius 1 is 0.948 bits per heavy atom. The van der Waals surface area contributed by atoms with E-state index in [1.54, 1.807) is 64.5 Å². The van der Waals surface area contributed by atoms with E-state index in [0.717, 1.165) is 0 Å². The summed E-state index contributed by atoms with van der Waals surface area (Å²) >= 11 is 6.29. The van der Waals surface area contributed by atoms with Gasteiger partial charge < -0.3 is 23.8 Å². The molecule has 1 saturated heterocycles. The van der Waals surface area contributed by atoms with Crippen molar-refractivity contribution in [2.75, 3.05) is 19.5 Å². The Bertz CT molecular complexity index is 2450. The van der Waals surface area contributed by atoms with Gasteiger partial charge in [-0.15, -0.1) is 0 Å². The molecule has 58 heavy (non-hydrogen) atoms. The number of hydrogen-bond acceptors (Lipinski definition) is 11. The molecular weight excluding hydrogens is 789 g/mol. The van der Waals surface area contributed by atoms with Crippen LogP contribution in [0.5, 0.6) is 17.2 Å². The van der Waals surface area contributed by atoms with Gasteiger partial charge in [0, 0.05) is 12.3 Å². The van der Waals surface area contributed by atoms with Gasteiger partial charge in [0.25, 0.3) is 5.56 Å². The first-order valence-corrected chi connectivity index (χ1v) is 20.1. The largest absolute Gasteiger partial charge is 0.527 e. The number of methoxy groups -OCH3 is 2. The van der Waals surface area contributed by atoms with Gasteiger partial charge in [0.1, 0.15) is 41.8 Å². The van der Waals surface area contributed by atoms with E-state index in [-0.39, 0.29) is 40.2 Å². The number of phosphoric acid groups is 1. The molecule has 2 unspecified atom stereocenters. The number of para-hydroxylation sites is 1. The minimum Gasteiger partial charge on any atom is -0.497 e. The number of carbonyl (C=O) groups is 1. The van der Waals surface area contributed by atoms with Gasteiger partial charge in [-0.25, -0.2) is 9.55 Å². The lowest BCUT2D eigenvalue weighted by atomic mass is 9.64. The van der Waals surface area contributed by atoms with Crippen LogP contribution in [0.2, 0.25) is 5.02 Å². The van der Waals surface area contributed by atoms with E-state index < -0.39 is 49.3 Å². The molecule has 15 nitrogen and oxygen atoms in total. The zero-order valence-electron chi connectivity index (χ0n) is 31.8. The number of aromatic amines is 1. The van der Waals surface area contributed by atoms with Crippen molar-refractivity contribution in [3.63, 3.8) is 0 Å².